The first-order chi connectivity index (χ1) is 12.5. The molecule has 2 aromatic rings. The SMILES string of the molecule is CC(C)(C)NC(=O)c1ccc(C(=O)NCC(C)(C)c2cccc(Cl)c2)cc1. The highest BCUT2D eigenvalue weighted by Gasteiger charge is 2.22. The first-order valence-electron chi connectivity index (χ1n) is 8.95. The van der Waals surface area contributed by atoms with Crippen LogP contribution in [0.4, 0.5) is 0 Å². The van der Waals surface area contributed by atoms with Crippen molar-refractivity contribution < 1.29 is 9.59 Å². The average Bonchev–Trinajstić information content (AvgIpc) is 2.58. The molecule has 0 unspecified atom stereocenters. The second kappa shape index (κ2) is 8.13. The van der Waals surface area contributed by atoms with Crippen molar-refractivity contribution >= 4 is 23.4 Å². The van der Waals surface area contributed by atoms with E-state index in [0.29, 0.717) is 22.7 Å². The van der Waals surface area contributed by atoms with Crippen LogP contribution in [0.2, 0.25) is 5.02 Å². The first kappa shape index (κ1) is 21.0. The lowest BCUT2D eigenvalue weighted by atomic mass is 9.84. The van der Waals surface area contributed by atoms with Crippen molar-refractivity contribution in [3.05, 3.63) is 70.2 Å². The van der Waals surface area contributed by atoms with E-state index in [-0.39, 0.29) is 22.8 Å². The van der Waals surface area contributed by atoms with Gasteiger partial charge in [-0.3, -0.25) is 9.59 Å². The topological polar surface area (TPSA) is 58.2 Å². The third-order valence-electron chi connectivity index (χ3n) is 4.19. The molecular formula is C22H27ClN2O2. The summed E-state index contributed by atoms with van der Waals surface area (Å²) < 4.78 is 0. The molecule has 0 radical (unpaired) electrons. The number of hydrogen-bond acceptors (Lipinski definition) is 2. The quantitative estimate of drug-likeness (QED) is 0.790. The number of hydrogen-bond donors (Lipinski definition) is 2. The molecule has 5 heteroatoms. The molecule has 0 spiro atoms. The summed E-state index contributed by atoms with van der Waals surface area (Å²) in [4.78, 5) is 24.6. The van der Waals surface area contributed by atoms with Gasteiger partial charge in [0.25, 0.3) is 11.8 Å². The molecule has 2 aromatic carbocycles. The van der Waals surface area contributed by atoms with Crippen molar-refractivity contribution in [2.75, 3.05) is 6.54 Å². The maximum absolute atomic E-state index is 12.5. The Hall–Kier alpha value is -2.33. The van der Waals surface area contributed by atoms with E-state index in [1.54, 1.807) is 24.3 Å². The van der Waals surface area contributed by atoms with E-state index in [4.69, 9.17) is 11.6 Å². The molecule has 0 fully saturated rings. The lowest BCUT2D eigenvalue weighted by Gasteiger charge is -2.26. The molecule has 0 aliphatic heterocycles. The summed E-state index contributed by atoms with van der Waals surface area (Å²) in [7, 11) is 0. The normalized spacial score (nSPS) is 11.8. The molecular weight excluding hydrogens is 360 g/mol. The Bertz CT molecular complexity index is 821. The number of nitrogens with one attached hydrogen (secondary N) is 2. The van der Waals surface area contributed by atoms with Gasteiger partial charge in [0.05, 0.1) is 0 Å². The summed E-state index contributed by atoms with van der Waals surface area (Å²) in [5.41, 5.74) is 1.54. The van der Waals surface area contributed by atoms with Crippen molar-refractivity contribution in [1.82, 2.24) is 10.6 Å². The largest absolute Gasteiger partial charge is 0.351 e. The first-order valence-corrected chi connectivity index (χ1v) is 9.33. The van der Waals surface area contributed by atoms with E-state index in [1.807, 2.05) is 45.0 Å². The zero-order valence-corrected chi connectivity index (χ0v) is 17.3. The van der Waals surface area contributed by atoms with Crippen molar-refractivity contribution in [3.63, 3.8) is 0 Å². The van der Waals surface area contributed by atoms with Gasteiger partial charge in [-0.1, -0.05) is 37.6 Å². The fraction of sp³-hybridized carbons (Fsp3) is 0.364. The number of rotatable bonds is 5. The Balaban J connectivity index is 2.01. The van der Waals surface area contributed by atoms with Crippen molar-refractivity contribution in [3.8, 4) is 0 Å². The summed E-state index contributed by atoms with van der Waals surface area (Å²) in [6.45, 7) is 10.4. The van der Waals surface area contributed by atoms with Gasteiger partial charge in [-0.05, 0) is 62.7 Å². The van der Waals surface area contributed by atoms with Crippen LogP contribution in [-0.2, 0) is 5.41 Å². The van der Waals surface area contributed by atoms with Crippen LogP contribution in [0.25, 0.3) is 0 Å². The predicted octanol–water partition coefficient (Wildman–Crippen LogP) is 4.58. The predicted molar refractivity (Wildman–Crippen MR) is 110 cm³/mol. The molecule has 0 heterocycles. The molecule has 0 aliphatic rings. The maximum atomic E-state index is 12.5. The fourth-order valence-electron chi connectivity index (χ4n) is 2.60. The molecule has 0 saturated carbocycles. The van der Waals surface area contributed by atoms with Gasteiger partial charge >= 0.3 is 0 Å². The Morgan fingerprint density at radius 3 is 1.96 bits per heavy atom. The van der Waals surface area contributed by atoms with E-state index in [0.717, 1.165) is 5.56 Å². The van der Waals surface area contributed by atoms with E-state index in [2.05, 4.69) is 24.5 Å². The number of halogens is 1. The fourth-order valence-corrected chi connectivity index (χ4v) is 2.79. The second-order valence-corrected chi connectivity index (χ2v) is 8.79. The molecule has 2 N–H and O–H groups in total. The average molecular weight is 387 g/mol. The van der Waals surface area contributed by atoms with Gasteiger partial charge in [-0.15, -0.1) is 0 Å². The minimum absolute atomic E-state index is 0.156. The second-order valence-electron chi connectivity index (χ2n) is 8.36. The lowest BCUT2D eigenvalue weighted by molar-refractivity contribution is 0.0914. The zero-order valence-electron chi connectivity index (χ0n) is 16.5. The van der Waals surface area contributed by atoms with Crippen LogP contribution in [0.15, 0.2) is 48.5 Å². The molecule has 0 saturated heterocycles. The summed E-state index contributed by atoms with van der Waals surface area (Å²) in [6.07, 6.45) is 0. The molecule has 4 nitrogen and oxygen atoms in total. The molecule has 27 heavy (non-hydrogen) atoms. The van der Waals surface area contributed by atoms with Crippen LogP contribution in [0.1, 0.15) is 60.9 Å². The third kappa shape index (κ3) is 6.10. The van der Waals surface area contributed by atoms with E-state index < -0.39 is 0 Å². The summed E-state index contributed by atoms with van der Waals surface area (Å²) in [5, 5.41) is 6.54. The van der Waals surface area contributed by atoms with Crippen molar-refractivity contribution in [2.45, 2.75) is 45.6 Å². The lowest BCUT2D eigenvalue weighted by Crippen LogP contribution is -2.40. The highest BCUT2D eigenvalue weighted by atomic mass is 35.5. The van der Waals surface area contributed by atoms with Crippen LogP contribution < -0.4 is 10.6 Å². The molecule has 2 amide bonds. The highest BCUT2D eigenvalue weighted by Crippen LogP contribution is 2.25. The molecule has 0 aromatic heterocycles. The van der Waals surface area contributed by atoms with Gasteiger partial charge in [0.15, 0.2) is 0 Å². The summed E-state index contributed by atoms with van der Waals surface area (Å²) in [5.74, 6) is -0.329. The van der Waals surface area contributed by atoms with Crippen molar-refractivity contribution in [2.24, 2.45) is 0 Å². The molecule has 0 aliphatic carbocycles. The number of benzene rings is 2. The minimum atomic E-state index is -0.307. The monoisotopic (exact) mass is 386 g/mol. The van der Waals surface area contributed by atoms with Crippen LogP contribution >= 0.6 is 11.6 Å². The van der Waals surface area contributed by atoms with Crippen molar-refractivity contribution in [1.29, 1.82) is 0 Å². The van der Waals surface area contributed by atoms with Crippen LogP contribution in [0, 0.1) is 0 Å². The third-order valence-corrected chi connectivity index (χ3v) is 4.43. The highest BCUT2D eigenvalue weighted by molar-refractivity contribution is 6.30. The Morgan fingerprint density at radius 1 is 0.889 bits per heavy atom. The Morgan fingerprint density at radius 2 is 1.44 bits per heavy atom. The maximum Gasteiger partial charge on any atom is 0.251 e. The molecule has 0 atom stereocenters. The van der Waals surface area contributed by atoms with E-state index in [1.165, 1.54) is 0 Å². The smallest absolute Gasteiger partial charge is 0.251 e. The minimum Gasteiger partial charge on any atom is -0.351 e. The Labute approximate surface area is 166 Å². The zero-order chi connectivity index (χ0) is 20.2. The number of carbonyl (C=O) groups excluding carboxylic acids is 2. The molecule has 0 bridgehead atoms. The summed E-state index contributed by atoms with van der Waals surface area (Å²) >= 11 is 6.07. The molecule has 144 valence electrons. The molecule has 2 rings (SSSR count). The van der Waals surface area contributed by atoms with Crippen LogP contribution in [0.5, 0.6) is 0 Å². The van der Waals surface area contributed by atoms with Crippen LogP contribution in [-0.4, -0.2) is 23.9 Å². The van der Waals surface area contributed by atoms with Crippen LogP contribution in [0.3, 0.4) is 0 Å². The van der Waals surface area contributed by atoms with Gasteiger partial charge < -0.3 is 10.6 Å². The van der Waals surface area contributed by atoms with E-state index >= 15 is 0 Å². The Kier molecular flexibility index (Phi) is 6.32. The van der Waals surface area contributed by atoms with Gasteiger partial charge in [0.2, 0.25) is 0 Å². The standard InChI is InChI=1S/C22H27ClN2O2/c1-21(2,3)25-20(27)16-11-9-15(10-12-16)19(26)24-14-22(4,5)17-7-6-8-18(23)13-17/h6-13H,14H2,1-5H3,(H,24,26)(H,25,27). The van der Waals surface area contributed by atoms with E-state index in [9.17, 15) is 9.59 Å². The van der Waals surface area contributed by atoms with Gasteiger partial charge in [-0.25, -0.2) is 0 Å². The number of amides is 2. The number of carbonyl (C=O) groups is 2. The van der Waals surface area contributed by atoms with Gasteiger partial charge in [-0.2, -0.15) is 0 Å². The van der Waals surface area contributed by atoms with Gasteiger partial charge in [0.1, 0.15) is 0 Å². The summed E-state index contributed by atoms with van der Waals surface area (Å²) in [6, 6.07) is 14.3. The van der Waals surface area contributed by atoms with Gasteiger partial charge in [0, 0.05) is 33.6 Å².